The van der Waals surface area contributed by atoms with Crippen molar-refractivity contribution in [1.29, 1.82) is 0 Å². The van der Waals surface area contributed by atoms with E-state index in [9.17, 15) is 0 Å². The van der Waals surface area contributed by atoms with Crippen molar-refractivity contribution in [1.82, 2.24) is 14.3 Å². The molecule has 1 unspecified atom stereocenters. The first-order chi connectivity index (χ1) is 7.85. The van der Waals surface area contributed by atoms with E-state index in [1.807, 2.05) is 0 Å². The van der Waals surface area contributed by atoms with Gasteiger partial charge >= 0.3 is 0 Å². The smallest absolute Gasteiger partial charge is 0.193 e. The highest BCUT2D eigenvalue weighted by molar-refractivity contribution is 7.15. The number of rotatable bonds is 3. The number of hydrogen-bond donors (Lipinski definition) is 1. The van der Waals surface area contributed by atoms with Crippen LogP contribution in [0.4, 0.5) is 0 Å². The summed E-state index contributed by atoms with van der Waals surface area (Å²) in [5.41, 5.74) is 6.86. The second kappa shape index (κ2) is 4.16. The lowest BCUT2D eigenvalue weighted by Gasteiger charge is -2.13. The zero-order valence-corrected chi connectivity index (χ0v) is 9.99. The molecule has 2 aromatic heterocycles. The molecule has 0 aliphatic carbocycles. The maximum absolute atomic E-state index is 5.69. The molecule has 16 heavy (non-hydrogen) atoms. The Morgan fingerprint density at radius 1 is 1.56 bits per heavy atom. The average Bonchev–Trinajstić information content (AvgIpc) is 2.92. The van der Waals surface area contributed by atoms with Crippen LogP contribution in [0, 0.1) is 5.92 Å². The summed E-state index contributed by atoms with van der Waals surface area (Å²) in [7, 11) is 0. The van der Waals surface area contributed by atoms with Crippen molar-refractivity contribution in [2.24, 2.45) is 11.7 Å². The van der Waals surface area contributed by atoms with Gasteiger partial charge in [0.15, 0.2) is 4.96 Å². The second-order valence-corrected chi connectivity index (χ2v) is 5.32. The summed E-state index contributed by atoms with van der Waals surface area (Å²) < 4.78 is 2.09. The lowest BCUT2D eigenvalue weighted by Crippen LogP contribution is -2.22. The molecular weight excluding hydrogens is 220 g/mol. The third kappa shape index (κ3) is 1.86. The zero-order chi connectivity index (χ0) is 11.0. The third-order valence-corrected chi connectivity index (χ3v) is 4.00. The minimum atomic E-state index is 0.684. The van der Waals surface area contributed by atoms with Crippen LogP contribution in [0.15, 0.2) is 17.8 Å². The summed E-state index contributed by atoms with van der Waals surface area (Å²) in [5.74, 6) is 0.684. The van der Waals surface area contributed by atoms with Gasteiger partial charge < -0.3 is 5.73 Å². The first-order valence-electron chi connectivity index (χ1n) is 5.68. The molecule has 86 valence electrons. The van der Waals surface area contributed by atoms with Gasteiger partial charge in [-0.3, -0.25) is 9.30 Å². The van der Waals surface area contributed by atoms with Crippen molar-refractivity contribution >= 4 is 16.3 Å². The zero-order valence-electron chi connectivity index (χ0n) is 9.17. The molecule has 0 amide bonds. The summed E-state index contributed by atoms with van der Waals surface area (Å²) in [5, 5.41) is 2.06. The van der Waals surface area contributed by atoms with Gasteiger partial charge in [0.25, 0.3) is 0 Å². The predicted molar refractivity (Wildman–Crippen MR) is 65.5 cm³/mol. The highest BCUT2D eigenvalue weighted by Gasteiger charge is 2.21. The Balaban J connectivity index is 1.69. The van der Waals surface area contributed by atoms with Crippen LogP contribution in [0.5, 0.6) is 0 Å². The van der Waals surface area contributed by atoms with E-state index in [-0.39, 0.29) is 0 Å². The van der Waals surface area contributed by atoms with E-state index >= 15 is 0 Å². The Kier molecular flexibility index (Phi) is 2.67. The predicted octanol–water partition coefficient (Wildman–Crippen LogP) is 1.18. The molecule has 1 aliphatic heterocycles. The summed E-state index contributed by atoms with van der Waals surface area (Å²) in [4.78, 5) is 8.13. The summed E-state index contributed by atoms with van der Waals surface area (Å²) in [6, 6.07) is 0. The fraction of sp³-hybridized carbons (Fsp3) is 0.545. The van der Waals surface area contributed by atoms with Gasteiger partial charge in [-0.15, -0.1) is 11.3 Å². The van der Waals surface area contributed by atoms with Gasteiger partial charge in [0.2, 0.25) is 0 Å². The van der Waals surface area contributed by atoms with Gasteiger partial charge in [0.05, 0.1) is 5.69 Å². The lowest BCUT2D eigenvalue weighted by molar-refractivity contribution is 0.314. The second-order valence-electron chi connectivity index (χ2n) is 4.45. The molecular formula is C11H16N4S. The number of likely N-dealkylation sites (tertiary alicyclic amines) is 1. The molecule has 1 fully saturated rings. The van der Waals surface area contributed by atoms with Crippen molar-refractivity contribution in [3.63, 3.8) is 0 Å². The quantitative estimate of drug-likeness (QED) is 0.870. The number of nitrogens with zero attached hydrogens (tertiary/aromatic N) is 3. The standard InChI is InChI=1S/C11H16N4S/c12-5-9-1-2-14(6-9)7-10-8-15-3-4-16-11(15)13-10/h3-4,8-9H,1-2,5-7,12H2. The van der Waals surface area contributed by atoms with E-state index in [1.54, 1.807) is 11.3 Å². The van der Waals surface area contributed by atoms with Crippen molar-refractivity contribution in [3.8, 4) is 0 Å². The Morgan fingerprint density at radius 3 is 3.25 bits per heavy atom. The fourth-order valence-corrected chi connectivity index (χ4v) is 3.05. The number of hydrogen-bond acceptors (Lipinski definition) is 4. The number of fused-ring (bicyclic) bond motifs is 1. The Labute approximate surface area is 98.7 Å². The highest BCUT2D eigenvalue weighted by Crippen LogP contribution is 2.18. The van der Waals surface area contributed by atoms with Crippen molar-refractivity contribution in [2.45, 2.75) is 13.0 Å². The van der Waals surface area contributed by atoms with Crippen molar-refractivity contribution in [2.75, 3.05) is 19.6 Å². The molecule has 0 spiro atoms. The molecule has 1 atom stereocenters. The molecule has 0 bridgehead atoms. The van der Waals surface area contributed by atoms with E-state index in [4.69, 9.17) is 5.73 Å². The number of imidazole rings is 1. The van der Waals surface area contributed by atoms with Crippen LogP contribution in [0.2, 0.25) is 0 Å². The van der Waals surface area contributed by atoms with Crippen LogP contribution in [0.1, 0.15) is 12.1 Å². The van der Waals surface area contributed by atoms with Gasteiger partial charge in [-0.05, 0) is 25.4 Å². The van der Waals surface area contributed by atoms with Gasteiger partial charge in [-0.25, -0.2) is 4.98 Å². The SMILES string of the molecule is NCC1CCN(Cc2cn3ccsc3n2)C1. The maximum atomic E-state index is 5.69. The Hall–Kier alpha value is -0.910. The number of nitrogens with two attached hydrogens (primary N) is 1. The molecule has 0 saturated carbocycles. The van der Waals surface area contributed by atoms with E-state index in [0.717, 1.165) is 31.1 Å². The highest BCUT2D eigenvalue weighted by atomic mass is 32.1. The first-order valence-corrected chi connectivity index (χ1v) is 6.56. The summed E-state index contributed by atoms with van der Waals surface area (Å²) >= 11 is 1.68. The molecule has 0 radical (unpaired) electrons. The molecule has 5 heteroatoms. The molecule has 1 saturated heterocycles. The van der Waals surface area contributed by atoms with Crippen LogP contribution < -0.4 is 5.73 Å². The van der Waals surface area contributed by atoms with E-state index in [0.29, 0.717) is 5.92 Å². The molecule has 3 rings (SSSR count). The fourth-order valence-electron chi connectivity index (χ4n) is 2.33. The number of aromatic nitrogens is 2. The Bertz CT molecular complexity index is 446. The van der Waals surface area contributed by atoms with Crippen molar-refractivity contribution in [3.05, 3.63) is 23.5 Å². The van der Waals surface area contributed by atoms with E-state index in [1.165, 1.54) is 12.1 Å². The molecule has 0 aromatic carbocycles. The normalized spacial score (nSPS) is 22.2. The Morgan fingerprint density at radius 2 is 2.50 bits per heavy atom. The van der Waals surface area contributed by atoms with Crippen LogP contribution in [-0.2, 0) is 6.54 Å². The topological polar surface area (TPSA) is 46.6 Å². The molecule has 4 nitrogen and oxygen atoms in total. The van der Waals surface area contributed by atoms with Crippen LogP contribution >= 0.6 is 11.3 Å². The summed E-state index contributed by atoms with van der Waals surface area (Å²) in [6.07, 6.45) is 5.42. The molecule has 3 heterocycles. The van der Waals surface area contributed by atoms with Crippen LogP contribution in [0.25, 0.3) is 4.96 Å². The van der Waals surface area contributed by atoms with E-state index in [2.05, 4.69) is 32.1 Å². The van der Waals surface area contributed by atoms with Crippen molar-refractivity contribution < 1.29 is 0 Å². The van der Waals surface area contributed by atoms with Gasteiger partial charge in [0, 0.05) is 30.9 Å². The van der Waals surface area contributed by atoms with Gasteiger partial charge in [0.1, 0.15) is 0 Å². The number of thiazole rings is 1. The molecule has 2 aromatic rings. The third-order valence-electron chi connectivity index (χ3n) is 3.23. The first kappa shape index (κ1) is 10.3. The molecule has 1 aliphatic rings. The van der Waals surface area contributed by atoms with Gasteiger partial charge in [-0.1, -0.05) is 0 Å². The minimum Gasteiger partial charge on any atom is -0.330 e. The monoisotopic (exact) mass is 236 g/mol. The van der Waals surface area contributed by atoms with Crippen LogP contribution in [0.3, 0.4) is 0 Å². The molecule has 2 N–H and O–H groups in total. The maximum Gasteiger partial charge on any atom is 0.193 e. The summed E-state index contributed by atoms with van der Waals surface area (Å²) in [6.45, 7) is 4.06. The lowest BCUT2D eigenvalue weighted by atomic mass is 10.1. The average molecular weight is 236 g/mol. The van der Waals surface area contributed by atoms with Crippen LogP contribution in [-0.4, -0.2) is 33.9 Å². The largest absolute Gasteiger partial charge is 0.330 e. The van der Waals surface area contributed by atoms with E-state index < -0.39 is 0 Å². The minimum absolute atomic E-state index is 0.684. The van der Waals surface area contributed by atoms with Gasteiger partial charge in [-0.2, -0.15) is 0 Å².